The summed E-state index contributed by atoms with van der Waals surface area (Å²) in [6.45, 7) is 0. The van der Waals surface area contributed by atoms with Crippen LogP contribution in [0.5, 0.6) is 0 Å². The molecule has 2 aromatic rings. The highest BCUT2D eigenvalue weighted by Gasteiger charge is 2.47. The minimum atomic E-state index is -3.49. The Kier molecular flexibility index (Phi) is 5.54. The number of anilines is 1. The quantitative estimate of drug-likeness (QED) is 0.714. The van der Waals surface area contributed by atoms with Crippen molar-refractivity contribution < 1.29 is 27.2 Å². The number of hydrogen-bond acceptors (Lipinski definition) is 8. The van der Waals surface area contributed by atoms with Gasteiger partial charge in [-0.15, -0.1) is 0 Å². The van der Waals surface area contributed by atoms with E-state index in [1.807, 2.05) is 18.2 Å². The molecule has 2 atom stereocenters. The second-order valence-electron chi connectivity index (χ2n) is 5.82. The highest BCUT2D eigenvalue weighted by atomic mass is 31.2. The number of rotatable bonds is 6. The van der Waals surface area contributed by atoms with Gasteiger partial charge in [0.05, 0.1) is 11.2 Å². The zero-order valence-electron chi connectivity index (χ0n) is 15.0. The van der Waals surface area contributed by atoms with Gasteiger partial charge >= 0.3 is 15.2 Å². The highest BCUT2D eigenvalue weighted by molar-refractivity contribution is 7.55. The Morgan fingerprint density at radius 2 is 1.65 bits per heavy atom. The molecule has 1 aliphatic heterocycles. The molecule has 142 valence electrons. The SMILES string of the molecule is COP(=O)(OC)C1CC(P(=O)(OC)OC)c2ccc3ncccc3c2N1. The number of nitrogens with one attached hydrogen (secondary N) is 1. The number of benzene rings is 1. The Balaban J connectivity index is 2.23. The average molecular weight is 400 g/mol. The zero-order valence-corrected chi connectivity index (χ0v) is 16.8. The molecular formula is C16H22N2O6P2. The smallest absolute Gasteiger partial charge is 0.352 e. The van der Waals surface area contributed by atoms with Crippen molar-refractivity contribution in [3.05, 3.63) is 36.0 Å². The normalized spacial score (nSPS) is 20.6. The number of hydrogen-bond donors (Lipinski definition) is 1. The van der Waals surface area contributed by atoms with Crippen LogP contribution in [0.25, 0.3) is 10.9 Å². The highest BCUT2D eigenvalue weighted by Crippen LogP contribution is 2.68. The summed E-state index contributed by atoms with van der Waals surface area (Å²) in [4.78, 5) is 4.34. The lowest BCUT2D eigenvalue weighted by Gasteiger charge is -2.37. The maximum absolute atomic E-state index is 13.2. The topological polar surface area (TPSA) is 96.0 Å². The van der Waals surface area contributed by atoms with Gasteiger partial charge in [0.15, 0.2) is 0 Å². The van der Waals surface area contributed by atoms with Gasteiger partial charge in [0, 0.05) is 45.7 Å². The first-order valence-corrected chi connectivity index (χ1v) is 11.2. The van der Waals surface area contributed by atoms with Crippen molar-refractivity contribution in [2.45, 2.75) is 17.9 Å². The molecule has 8 nitrogen and oxygen atoms in total. The standard InChI is InChI=1S/C16H22N2O6P2/c1-21-25(19,22-2)14-10-15(26(20,23-3)24-4)18-16-11-6-5-9-17-13(11)8-7-12(14)16/h5-9,14-15,18H,10H2,1-4H3. The molecule has 3 rings (SSSR count). The summed E-state index contributed by atoms with van der Waals surface area (Å²) in [5.74, 6) is -0.709. The molecule has 2 unspecified atom stereocenters. The van der Waals surface area contributed by atoms with Gasteiger partial charge in [-0.3, -0.25) is 14.1 Å². The summed E-state index contributed by atoms with van der Waals surface area (Å²) >= 11 is 0. The van der Waals surface area contributed by atoms with Crippen LogP contribution < -0.4 is 5.32 Å². The van der Waals surface area contributed by atoms with E-state index >= 15 is 0 Å². The maximum Gasteiger partial charge on any atom is 0.352 e. The lowest BCUT2D eigenvalue weighted by Crippen LogP contribution is -2.30. The Hall–Kier alpha value is -1.27. The lowest BCUT2D eigenvalue weighted by molar-refractivity contribution is 0.253. The Labute approximate surface area is 152 Å². The van der Waals surface area contributed by atoms with Gasteiger partial charge in [-0.25, -0.2) is 0 Å². The average Bonchev–Trinajstić information content (AvgIpc) is 2.71. The fraction of sp³-hybridized carbons (Fsp3) is 0.438. The van der Waals surface area contributed by atoms with Gasteiger partial charge in [0.2, 0.25) is 0 Å². The van der Waals surface area contributed by atoms with Crippen LogP contribution in [0.15, 0.2) is 30.5 Å². The van der Waals surface area contributed by atoms with E-state index in [-0.39, 0.29) is 6.42 Å². The molecule has 1 N–H and O–H groups in total. The molecule has 2 heterocycles. The number of nitrogens with zero attached hydrogens (tertiary/aromatic N) is 1. The van der Waals surface area contributed by atoms with Crippen molar-refractivity contribution in [2.75, 3.05) is 33.8 Å². The first-order chi connectivity index (χ1) is 12.4. The van der Waals surface area contributed by atoms with E-state index in [4.69, 9.17) is 18.1 Å². The molecule has 0 amide bonds. The summed E-state index contributed by atoms with van der Waals surface area (Å²) in [7, 11) is -1.63. The van der Waals surface area contributed by atoms with Crippen molar-refractivity contribution in [2.24, 2.45) is 0 Å². The van der Waals surface area contributed by atoms with Crippen LogP contribution in [0.4, 0.5) is 5.69 Å². The molecule has 0 radical (unpaired) electrons. The van der Waals surface area contributed by atoms with Gasteiger partial charge < -0.3 is 23.4 Å². The van der Waals surface area contributed by atoms with Gasteiger partial charge in [-0.1, -0.05) is 6.07 Å². The Morgan fingerprint density at radius 3 is 2.27 bits per heavy atom. The first-order valence-electron chi connectivity index (χ1n) is 7.99. The largest absolute Gasteiger partial charge is 0.371 e. The summed E-state index contributed by atoms with van der Waals surface area (Å²) in [6.07, 6.45) is 1.90. The van der Waals surface area contributed by atoms with Crippen molar-refractivity contribution in [3.63, 3.8) is 0 Å². The molecule has 0 saturated heterocycles. The molecule has 0 aliphatic carbocycles. The van der Waals surface area contributed by atoms with Crippen molar-refractivity contribution in [1.29, 1.82) is 0 Å². The van der Waals surface area contributed by atoms with Gasteiger partial charge in [0.25, 0.3) is 0 Å². The van der Waals surface area contributed by atoms with E-state index in [9.17, 15) is 9.13 Å². The van der Waals surface area contributed by atoms with Crippen LogP contribution in [0.2, 0.25) is 0 Å². The minimum absolute atomic E-state index is 0.205. The molecule has 1 aromatic carbocycles. The van der Waals surface area contributed by atoms with Crippen LogP contribution in [-0.4, -0.2) is 39.2 Å². The Morgan fingerprint density at radius 1 is 1.00 bits per heavy atom. The van der Waals surface area contributed by atoms with E-state index in [1.165, 1.54) is 28.4 Å². The van der Waals surface area contributed by atoms with Crippen LogP contribution in [0, 0.1) is 0 Å². The Bertz CT molecular complexity index is 889. The molecular weight excluding hydrogens is 378 g/mol. The molecule has 1 aromatic heterocycles. The molecule has 1 aliphatic rings. The van der Waals surface area contributed by atoms with E-state index < -0.39 is 26.6 Å². The summed E-state index contributed by atoms with van der Waals surface area (Å²) in [5, 5.41) is 4.06. The predicted molar refractivity (Wildman–Crippen MR) is 99.8 cm³/mol. The van der Waals surface area contributed by atoms with Gasteiger partial charge in [-0.2, -0.15) is 0 Å². The van der Waals surface area contributed by atoms with Crippen LogP contribution in [0.1, 0.15) is 17.6 Å². The fourth-order valence-electron chi connectivity index (χ4n) is 3.34. The van der Waals surface area contributed by atoms with Gasteiger partial charge in [0.1, 0.15) is 5.78 Å². The molecule has 0 saturated carbocycles. The lowest BCUT2D eigenvalue weighted by atomic mass is 9.99. The second kappa shape index (κ2) is 7.39. The van der Waals surface area contributed by atoms with Gasteiger partial charge in [-0.05, 0) is 30.2 Å². The zero-order chi connectivity index (χ0) is 18.9. The summed E-state index contributed by atoms with van der Waals surface area (Å²) in [5.41, 5.74) is 1.57. The van der Waals surface area contributed by atoms with E-state index in [0.29, 0.717) is 5.69 Å². The maximum atomic E-state index is 13.2. The number of fused-ring (bicyclic) bond motifs is 3. The third kappa shape index (κ3) is 3.11. The predicted octanol–water partition coefficient (Wildman–Crippen LogP) is 4.39. The number of aromatic nitrogens is 1. The molecule has 26 heavy (non-hydrogen) atoms. The third-order valence-corrected chi connectivity index (χ3v) is 9.11. The van der Waals surface area contributed by atoms with Crippen LogP contribution in [-0.2, 0) is 27.2 Å². The van der Waals surface area contributed by atoms with Crippen molar-refractivity contribution in [3.8, 4) is 0 Å². The van der Waals surface area contributed by atoms with Crippen LogP contribution in [0.3, 0.4) is 0 Å². The summed E-state index contributed by atoms with van der Waals surface area (Å²) < 4.78 is 47.0. The summed E-state index contributed by atoms with van der Waals surface area (Å²) in [6, 6.07) is 7.39. The van der Waals surface area contributed by atoms with Crippen LogP contribution >= 0.6 is 15.2 Å². The molecule has 0 fully saturated rings. The first kappa shape index (κ1) is 19.5. The van der Waals surface area contributed by atoms with E-state index in [2.05, 4.69) is 10.3 Å². The van der Waals surface area contributed by atoms with Crippen molar-refractivity contribution in [1.82, 2.24) is 4.98 Å². The molecule has 0 bridgehead atoms. The number of pyridine rings is 1. The monoisotopic (exact) mass is 400 g/mol. The molecule has 10 heteroatoms. The van der Waals surface area contributed by atoms with E-state index in [0.717, 1.165) is 16.5 Å². The molecule has 0 spiro atoms. The third-order valence-electron chi connectivity index (χ3n) is 4.72. The second-order valence-corrected chi connectivity index (χ2v) is 10.7. The fourth-order valence-corrected chi connectivity index (χ4v) is 6.60. The minimum Gasteiger partial charge on any atom is -0.371 e. The van der Waals surface area contributed by atoms with E-state index in [1.54, 1.807) is 12.3 Å². The van der Waals surface area contributed by atoms with Crippen molar-refractivity contribution >= 4 is 31.8 Å².